The number of aromatic nitrogens is 8. The molecule has 0 fully saturated rings. The van der Waals surface area contributed by atoms with E-state index in [9.17, 15) is 0 Å². The highest BCUT2D eigenvalue weighted by atomic mass is 16.5. The van der Waals surface area contributed by atoms with E-state index < -0.39 is 0 Å². The van der Waals surface area contributed by atoms with Gasteiger partial charge in [-0.3, -0.25) is 25.0 Å². The first-order chi connectivity index (χ1) is 15.8. The van der Waals surface area contributed by atoms with Gasteiger partial charge in [0, 0.05) is 41.3 Å². The first kappa shape index (κ1) is 18.1. The zero-order chi connectivity index (χ0) is 21.5. The van der Waals surface area contributed by atoms with Gasteiger partial charge in [-0.2, -0.15) is 5.10 Å². The molecule has 9 nitrogen and oxygen atoms in total. The van der Waals surface area contributed by atoms with E-state index in [0.29, 0.717) is 17.3 Å². The summed E-state index contributed by atoms with van der Waals surface area (Å²) in [7, 11) is 1.61. The Kier molecular flexibility index (Phi) is 4.10. The molecule has 32 heavy (non-hydrogen) atoms. The average Bonchev–Trinajstić information content (AvgIpc) is 3.48. The summed E-state index contributed by atoms with van der Waals surface area (Å²) in [5.41, 5.74) is 6.53. The van der Waals surface area contributed by atoms with Gasteiger partial charge in [0.15, 0.2) is 5.82 Å². The summed E-state index contributed by atoms with van der Waals surface area (Å²) in [6.45, 7) is 0. The van der Waals surface area contributed by atoms with E-state index in [2.05, 4.69) is 35.1 Å². The molecule has 6 aromatic rings. The summed E-state index contributed by atoms with van der Waals surface area (Å²) >= 11 is 0. The van der Waals surface area contributed by atoms with Crippen molar-refractivity contribution in [3.63, 3.8) is 0 Å². The Morgan fingerprint density at radius 3 is 2.59 bits per heavy atom. The number of methoxy groups -OCH3 is 1. The molecule has 154 valence electrons. The normalized spacial score (nSPS) is 11.3. The van der Waals surface area contributed by atoms with Crippen LogP contribution in [0.2, 0.25) is 0 Å². The smallest absolute Gasteiger partial charge is 0.159 e. The standard InChI is InChI=1S/C23H16N8O/c1-32-15-8-14(10-25-11-15)18-9-16-19(12-27-18)30-31-21(16)23-28-17-4-7-26-20(22(17)29-23)13-2-5-24-6-3-13/h2-12H,1H3,(H,28,29)(H,30,31). The lowest BCUT2D eigenvalue weighted by molar-refractivity contribution is 0.413. The van der Waals surface area contributed by atoms with E-state index in [1.165, 1.54) is 0 Å². The van der Waals surface area contributed by atoms with E-state index in [1.807, 2.05) is 30.3 Å². The maximum atomic E-state index is 5.29. The number of ether oxygens (including phenoxy) is 1. The SMILES string of the molecule is COc1cncc(-c2cc3c(-c4nc5c(-c6ccncc6)nccc5[nH]4)n[nH]c3cn2)c1. The van der Waals surface area contributed by atoms with E-state index >= 15 is 0 Å². The van der Waals surface area contributed by atoms with Gasteiger partial charge in [-0.05, 0) is 30.3 Å². The van der Waals surface area contributed by atoms with Gasteiger partial charge in [0.05, 0.1) is 41.9 Å². The van der Waals surface area contributed by atoms with Crippen LogP contribution in [0.4, 0.5) is 0 Å². The van der Waals surface area contributed by atoms with E-state index in [1.54, 1.807) is 44.3 Å². The van der Waals surface area contributed by atoms with Gasteiger partial charge >= 0.3 is 0 Å². The van der Waals surface area contributed by atoms with Crippen LogP contribution in [0, 0.1) is 0 Å². The molecule has 0 amide bonds. The number of fused-ring (bicyclic) bond motifs is 2. The molecular weight excluding hydrogens is 404 g/mol. The molecule has 0 atom stereocenters. The predicted molar refractivity (Wildman–Crippen MR) is 120 cm³/mol. The van der Waals surface area contributed by atoms with Gasteiger partial charge in [-0.15, -0.1) is 0 Å². The van der Waals surface area contributed by atoms with Crippen LogP contribution in [-0.2, 0) is 0 Å². The second-order valence-electron chi connectivity index (χ2n) is 7.18. The van der Waals surface area contributed by atoms with Crippen LogP contribution in [0.3, 0.4) is 0 Å². The van der Waals surface area contributed by atoms with E-state index in [4.69, 9.17) is 9.72 Å². The van der Waals surface area contributed by atoms with Crippen molar-refractivity contribution in [3.05, 3.63) is 67.5 Å². The fourth-order valence-corrected chi connectivity index (χ4v) is 3.69. The number of aromatic amines is 2. The lowest BCUT2D eigenvalue weighted by atomic mass is 10.1. The number of rotatable bonds is 4. The van der Waals surface area contributed by atoms with E-state index in [-0.39, 0.29) is 0 Å². The van der Waals surface area contributed by atoms with Crippen molar-refractivity contribution < 1.29 is 4.74 Å². The molecule has 0 spiro atoms. The van der Waals surface area contributed by atoms with Crippen molar-refractivity contribution in [2.45, 2.75) is 0 Å². The van der Waals surface area contributed by atoms with Crippen molar-refractivity contribution in [1.29, 1.82) is 0 Å². The van der Waals surface area contributed by atoms with Crippen molar-refractivity contribution >= 4 is 21.9 Å². The largest absolute Gasteiger partial charge is 0.495 e. The van der Waals surface area contributed by atoms with Crippen LogP contribution in [0.25, 0.3) is 56.0 Å². The Morgan fingerprint density at radius 1 is 0.812 bits per heavy atom. The zero-order valence-electron chi connectivity index (χ0n) is 16.9. The number of hydrogen-bond acceptors (Lipinski definition) is 7. The number of nitrogens with one attached hydrogen (secondary N) is 2. The molecule has 2 N–H and O–H groups in total. The summed E-state index contributed by atoms with van der Waals surface area (Å²) in [5, 5.41) is 8.44. The summed E-state index contributed by atoms with van der Waals surface area (Å²) in [4.78, 5) is 25.6. The molecule has 6 rings (SSSR count). The maximum Gasteiger partial charge on any atom is 0.159 e. The van der Waals surface area contributed by atoms with Gasteiger partial charge in [0.1, 0.15) is 17.0 Å². The Balaban J connectivity index is 1.50. The molecule has 0 saturated heterocycles. The lowest BCUT2D eigenvalue weighted by Crippen LogP contribution is -1.89. The third-order valence-corrected chi connectivity index (χ3v) is 5.27. The monoisotopic (exact) mass is 420 g/mol. The fraction of sp³-hybridized carbons (Fsp3) is 0.0435. The van der Waals surface area contributed by atoms with Gasteiger partial charge in [-0.25, -0.2) is 4.98 Å². The van der Waals surface area contributed by atoms with Crippen LogP contribution in [0.1, 0.15) is 0 Å². The Morgan fingerprint density at radius 2 is 1.72 bits per heavy atom. The second-order valence-corrected chi connectivity index (χ2v) is 7.18. The van der Waals surface area contributed by atoms with E-state index in [0.717, 1.165) is 44.5 Å². The van der Waals surface area contributed by atoms with Crippen LogP contribution in [0.15, 0.2) is 67.5 Å². The van der Waals surface area contributed by atoms with Crippen LogP contribution < -0.4 is 4.74 Å². The molecule has 0 aliphatic rings. The van der Waals surface area contributed by atoms with Gasteiger partial charge in [0.25, 0.3) is 0 Å². The summed E-state index contributed by atoms with van der Waals surface area (Å²) in [6, 6.07) is 9.61. The number of H-pyrrole nitrogens is 2. The lowest BCUT2D eigenvalue weighted by Gasteiger charge is -2.03. The molecule has 6 aromatic heterocycles. The molecule has 0 aliphatic carbocycles. The van der Waals surface area contributed by atoms with Gasteiger partial charge < -0.3 is 9.72 Å². The first-order valence-corrected chi connectivity index (χ1v) is 9.89. The van der Waals surface area contributed by atoms with Crippen molar-refractivity contribution in [2.75, 3.05) is 7.11 Å². The van der Waals surface area contributed by atoms with Crippen LogP contribution >= 0.6 is 0 Å². The van der Waals surface area contributed by atoms with Crippen molar-refractivity contribution in [2.24, 2.45) is 0 Å². The average molecular weight is 420 g/mol. The van der Waals surface area contributed by atoms with Gasteiger partial charge in [0.2, 0.25) is 0 Å². The van der Waals surface area contributed by atoms with Crippen molar-refractivity contribution in [1.82, 2.24) is 40.1 Å². The highest BCUT2D eigenvalue weighted by molar-refractivity contribution is 5.96. The number of hydrogen-bond donors (Lipinski definition) is 2. The first-order valence-electron chi connectivity index (χ1n) is 9.89. The zero-order valence-corrected chi connectivity index (χ0v) is 16.9. The third-order valence-electron chi connectivity index (χ3n) is 5.27. The molecular formula is C23H16N8O. The Bertz CT molecular complexity index is 1570. The maximum absolute atomic E-state index is 5.29. The van der Waals surface area contributed by atoms with Gasteiger partial charge in [-0.1, -0.05) is 0 Å². The quantitative estimate of drug-likeness (QED) is 0.442. The Labute approximate surface area is 181 Å². The number of nitrogens with zero attached hydrogens (tertiary/aromatic N) is 6. The molecule has 0 radical (unpaired) electrons. The second kappa shape index (κ2) is 7.24. The minimum atomic E-state index is 0.649. The highest BCUT2D eigenvalue weighted by Crippen LogP contribution is 2.31. The fourth-order valence-electron chi connectivity index (χ4n) is 3.69. The number of pyridine rings is 4. The minimum Gasteiger partial charge on any atom is -0.495 e. The molecule has 0 unspecified atom stereocenters. The molecule has 6 heterocycles. The molecule has 0 aliphatic heterocycles. The molecule has 0 saturated carbocycles. The topological polar surface area (TPSA) is 118 Å². The predicted octanol–water partition coefficient (Wildman–Crippen LogP) is 4.03. The van der Waals surface area contributed by atoms with Crippen LogP contribution in [0.5, 0.6) is 5.75 Å². The third kappa shape index (κ3) is 2.95. The summed E-state index contributed by atoms with van der Waals surface area (Å²) < 4.78 is 5.29. The molecule has 0 bridgehead atoms. The number of imidazole rings is 1. The molecule has 9 heteroatoms. The summed E-state index contributed by atoms with van der Waals surface area (Å²) in [5.74, 6) is 1.32. The minimum absolute atomic E-state index is 0.649. The molecule has 0 aromatic carbocycles. The highest BCUT2D eigenvalue weighted by Gasteiger charge is 2.17. The Hall–Kier alpha value is -4.66. The van der Waals surface area contributed by atoms with Crippen molar-refractivity contribution in [3.8, 4) is 39.8 Å². The summed E-state index contributed by atoms with van der Waals surface area (Å²) in [6.07, 6.45) is 10.4. The van der Waals surface area contributed by atoms with Crippen LogP contribution in [-0.4, -0.2) is 47.2 Å².